The van der Waals surface area contributed by atoms with Crippen LogP contribution in [0.2, 0.25) is 0 Å². The molecular weight excluding hydrogens is 276 g/mol. The van der Waals surface area contributed by atoms with Crippen molar-refractivity contribution in [2.45, 2.75) is 20.8 Å². The van der Waals surface area contributed by atoms with E-state index in [1.165, 1.54) is 49.4 Å². The van der Waals surface area contributed by atoms with Gasteiger partial charge in [-0.25, -0.2) is 0 Å². The molecule has 0 saturated carbocycles. The highest BCUT2D eigenvalue weighted by molar-refractivity contribution is 6.06. The number of hydrogen-bond donors (Lipinski definition) is 0. The van der Waals surface area contributed by atoms with Gasteiger partial charge in [0.1, 0.15) is 0 Å². The molecule has 0 aliphatic rings. The summed E-state index contributed by atoms with van der Waals surface area (Å²) < 4.78 is 0. The van der Waals surface area contributed by atoms with Gasteiger partial charge in [-0.3, -0.25) is 0 Å². The van der Waals surface area contributed by atoms with E-state index in [1.807, 2.05) is 0 Å². The molecule has 0 aliphatic heterocycles. The van der Waals surface area contributed by atoms with Crippen LogP contribution >= 0.6 is 0 Å². The Morgan fingerprint density at radius 1 is 0.565 bits per heavy atom. The molecule has 0 aromatic heterocycles. The predicted octanol–water partition coefficient (Wildman–Crippen LogP) is 6.59. The molecule has 0 heteroatoms. The second-order valence-corrected chi connectivity index (χ2v) is 6.50. The van der Waals surface area contributed by atoms with Crippen molar-refractivity contribution in [1.29, 1.82) is 0 Å². The number of benzene rings is 4. The van der Waals surface area contributed by atoms with E-state index in [2.05, 4.69) is 87.5 Å². The van der Waals surface area contributed by atoms with Crippen molar-refractivity contribution < 1.29 is 0 Å². The van der Waals surface area contributed by atoms with Gasteiger partial charge in [0.25, 0.3) is 0 Å². The molecule has 0 unspecified atom stereocenters. The van der Waals surface area contributed by atoms with Crippen LogP contribution in [0.15, 0.2) is 66.7 Å². The lowest BCUT2D eigenvalue weighted by Crippen LogP contribution is -1.89. The average Bonchev–Trinajstić information content (AvgIpc) is 2.54. The second-order valence-electron chi connectivity index (χ2n) is 6.50. The Kier molecular flexibility index (Phi) is 3.20. The van der Waals surface area contributed by atoms with Crippen LogP contribution in [0.3, 0.4) is 0 Å². The van der Waals surface area contributed by atoms with Gasteiger partial charge < -0.3 is 0 Å². The van der Waals surface area contributed by atoms with Crippen LogP contribution in [0.25, 0.3) is 32.7 Å². The van der Waals surface area contributed by atoms with Gasteiger partial charge in [0.15, 0.2) is 0 Å². The minimum atomic E-state index is 1.31. The summed E-state index contributed by atoms with van der Waals surface area (Å²) >= 11 is 0. The zero-order valence-electron chi connectivity index (χ0n) is 13.9. The highest BCUT2D eigenvalue weighted by atomic mass is 14.1. The van der Waals surface area contributed by atoms with E-state index in [9.17, 15) is 0 Å². The van der Waals surface area contributed by atoms with Gasteiger partial charge in [0.05, 0.1) is 0 Å². The molecule has 4 aromatic rings. The van der Waals surface area contributed by atoms with Gasteiger partial charge in [-0.1, -0.05) is 60.2 Å². The van der Waals surface area contributed by atoms with Crippen LogP contribution in [-0.2, 0) is 0 Å². The van der Waals surface area contributed by atoms with Crippen molar-refractivity contribution in [3.05, 3.63) is 83.4 Å². The summed E-state index contributed by atoms with van der Waals surface area (Å²) in [5.41, 5.74) is 6.67. The zero-order chi connectivity index (χ0) is 16.0. The SMILES string of the molecule is Cc1ccc2cc3ccc(C)c(-c4ccccc4C)c3cc2c1. The van der Waals surface area contributed by atoms with E-state index >= 15 is 0 Å². The topological polar surface area (TPSA) is 0 Å². The first kappa shape index (κ1) is 14.0. The molecule has 0 fully saturated rings. The third-order valence-electron chi connectivity index (χ3n) is 4.76. The maximum absolute atomic E-state index is 2.35. The third kappa shape index (κ3) is 2.31. The maximum Gasteiger partial charge on any atom is -0.00732 e. The summed E-state index contributed by atoms with van der Waals surface area (Å²) in [6.07, 6.45) is 0. The van der Waals surface area contributed by atoms with Crippen LogP contribution in [0.4, 0.5) is 0 Å². The van der Waals surface area contributed by atoms with Gasteiger partial charge >= 0.3 is 0 Å². The Labute approximate surface area is 137 Å². The first-order valence-corrected chi connectivity index (χ1v) is 8.13. The molecule has 0 spiro atoms. The fourth-order valence-corrected chi connectivity index (χ4v) is 3.51. The molecule has 23 heavy (non-hydrogen) atoms. The van der Waals surface area contributed by atoms with E-state index in [-0.39, 0.29) is 0 Å². The van der Waals surface area contributed by atoms with Gasteiger partial charge in [-0.15, -0.1) is 0 Å². The first-order chi connectivity index (χ1) is 11.1. The van der Waals surface area contributed by atoms with Crippen LogP contribution < -0.4 is 0 Å². The maximum atomic E-state index is 2.35. The molecule has 0 atom stereocenters. The zero-order valence-corrected chi connectivity index (χ0v) is 13.9. The third-order valence-corrected chi connectivity index (χ3v) is 4.76. The minimum Gasteiger partial charge on any atom is -0.0620 e. The molecule has 4 rings (SSSR count). The van der Waals surface area contributed by atoms with Gasteiger partial charge in [0, 0.05) is 0 Å². The Morgan fingerprint density at radius 3 is 2.17 bits per heavy atom. The smallest absolute Gasteiger partial charge is 0.00732 e. The standard InChI is InChI=1S/C23H20/c1-15-8-10-18-13-19-11-9-17(3)23(22(19)14-20(18)12-15)21-7-5-4-6-16(21)2/h4-14H,1-3H3. The highest BCUT2D eigenvalue weighted by Gasteiger charge is 2.10. The highest BCUT2D eigenvalue weighted by Crippen LogP contribution is 2.36. The van der Waals surface area contributed by atoms with Crippen molar-refractivity contribution >= 4 is 21.5 Å². The summed E-state index contributed by atoms with van der Waals surface area (Å²) in [4.78, 5) is 0. The minimum absolute atomic E-state index is 1.31. The molecule has 0 aliphatic carbocycles. The molecule has 0 heterocycles. The molecule has 0 bridgehead atoms. The predicted molar refractivity (Wildman–Crippen MR) is 101 cm³/mol. The normalized spacial score (nSPS) is 11.3. The van der Waals surface area contributed by atoms with E-state index in [0.717, 1.165) is 0 Å². The molecule has 112 valence electrons. The van der Waals surface area contributed by atoms with E-state index in [0.29, 0.717) is 0 Å². The van der Waals surface area contributed by atoms with E-state index < -0.39 is 0 Å². The number of hydrogen-bond acceptors (Lipinski definition) is 0. The molecule has 0 nitrogen and oxygen atoms in total. The van der Waals surface area contributed by atoms with Gasteiger partial charge in [-0.2, -0.15) is 0 Å². The molecule has 4 aromatic carbocycles. The Morgan fingerprint density at radius 2 is 1.35 bits per heavy atom. The van der Waals surface area contributed by atoms with Crippen molar-refractivity contribution in [2.75, 3.05) is 0 Å². The van der Waals surface area contributed by atoms with Gasteiger partial charge in [-0.05, 0) is 76.7 Å². The fourth-order valence-electron chi connectivity index (χ4n) is 3.51. The number of fused-ring (bicyclic) bond motifs is 2. The molecule has 0 saturated heterocycles. The molecule has 0 radical (unpaired) electrons. The van der Waals surface area contributed by atoms with Crippen LogP contribution in [0, 0.1) is 20.8 Å². The fraction of sp³-hybridized carbons (Fsp3) is 0.130. The quantitative estimate of drug-likeness (QED) is 0.348. The average molecular weight is 296 g/mol. The van der Waals surface area contributed by atoms with Crippen molar-refractivity contribution in [3.63, 3.8) is 0 Å². The second kappa shape index (κ2) is 5.24. The summed E-state index contributed by atoms with van der Waals surface area (Å²) in [6, 6.07) is 24.5. The van der Waals surface area contributed by atoms with Crippen LogP contribution in [0.1, 0.15) is 16.7 Å². The van der Waals surface area contributed by atoms with E-state index in [1.54, 1.807) is 0 Å². The lowest BCUT2D eigenvalue weighted by Gasteiger charge is -2.14. The van der Waals surface area contributed by atoms with Crippen LogP contribution in [-0.4, -0.2) is 0 Å². The lowest BCUT2D eigenvalue weighted by atomic mass is 9.90. The summed E-state index contributed by atoms with van der Waals surface area (Å²) in [5.74, 6) is 0. The number of rotatable bonds is 1. The summed E-state index contributed by atoms with van der Waals surface area (Å²) in [7, 11) is 0. The van der Waals surface area contributed by atoms with Gasteiger partial charge in [0.2, 0.25) is 0 Å². The molecule has 0 N–H and O–H groups in total. The van der Waals surface area contributed by atoms with E-state index in [4.69, 9.17) is 0 Å². The monoisotopic (exact) mass is 296 g/mol. The number of aryl methyl sites for hydroxylation is 3. The first-order valence-electron chi connectivity index (χ1n) is 8.13. The molecular formula is C23H20. The lowest BCUT2D eigenvalue weighted by molar-refractivity contribution is 1.43. The summed E-state index contributed by atoms with van der Waals surface area (Å²) in [5, 5.41) is 5.28. The van der Waals surface area contributed by atoms with Crippen molar-refractivity contribution in [2.24, 2.45) is 0 Å². The Bertz CT molecular complexity index is 1040. The summed E-state index contributed by atoms with van der Waals surface area (Å²) in [6.45, 7) is 6.56. The Hall–Kier alpha value is -2.60. The van der Waals surface area contributed by atoms with Crippen molar-refractivity contribution in [3.8, 4) is 11.1 Å². The Balaban J connectivity index is 2.14. The largest absolute Gasteiger partial charge is 0.0620 e. The van der Waals surface area contributed by atoms with Crippen molar-refractivity contribution in [1.82, 2.24) is 0 Å². The molecule has 0 amide bonds. The van der Waals surface area contributed by atoms with Crippen LogP contribution in [0.5, 0.6) is 0 Å².